The lowest BCUT2D eigenvalue weighted by Crippen LogP contribution is -2.17. The smallest absolute Gasteiger partial charge is 0.124 e. The molecule has 3 nitrogen and oxygen atoms in total. The summed E-state index contributed by atoms with van der Waals surface area (Å²) < 4.78 is 10.7. The summed E-state index contributed by atoms with van der Waals surface area (Å²) in [4.78, 5) is 0. The van der Waals surface area contributed by atoms with Gasteiger partial charge in [-0.2, -0.15) is 0 Å². The van der Waals surface area contributed by atoms with Crippen LogP contribution in [0, 0.1) is 0 Å². The highest BCUT2D eigenvalue weighted by Gasteiger charge is 2.06. The van der Waals surface area contributed by atoms with Crippen LogP contribution in [0.1, 0.15) is 25.0 Å². The van der Waals surface area contributed by atoms with E-state index in [9.17, 15) is 0 Å². The third kappa shape index (κ3) is 5.39. The fraction of sp³-hybridized carbons (Fsp3) is 0.538. The number of hydrogen-bond acceptors (Lipinski definition) is 3. The van der Waals surface area contributed by atoms with Crippen molar-refractivity contribution in [2.45, 2.75) is 32.9 Å². The van der Waals surface area contributed by atoms with Gasteiger partial charge in [0.2, 0.25) is 0 Å². The Balaban J connectivity index is 0.00000256. The quantitative estimate of drug-likeness (QED) is 0.854. The molecule has 1 rings (SSSR count). The molecule has 1 unspecified atom stereocenters. The van der Waals surface area contributed by atoms with Crippen LogP contribution >= 0.6 is 12.4 Å². The Morgan fingerprint density at radius 1 is 1.35 bits per heavy atom. The number of hydrogen-bond donors (Lipinski definition) is 1. The van der Waals surface area contributed by atoms with Gasteiger partial charge in [0.05, 0.1) is 13.2 Å². The molecule has 0 bridgehead atoms. The molecule has 0 radical (unpaired) electrons. The number of nitrogens with two attached hydrogens (primary N) is 1. The zero-order chi connectivity index (χ0) is 12.0. The number of rotatable bonds is 6. The molecule has 98 valence electrons. The van der Waals surface area contributed by atoms with Crippen LogP contribution in [0.4, 0.5) is 0 Å². The van der Waals surface area contributed by atoms with Crippen molar-refractivity contribution in [3.8, 4) is 5.75 Å². The molecular formula is C13H22ClNO2. The molecule has 0 amide bonds. The summed E-state index contributed by atoms with van der Waals surface area (Å²) in [5.74, 6) is 0.901. The van der Waals surface area contributed by atoms with Crippen molar-refractivity contribution in [3.05, 3.63) is 29.3 Å². The van der Waals surface area contributed by atoms with E-state index < -0.39 is 0 Å². The highest BCUT2D eigenvalue weighted by molar-refractivity contribution is 5.85. The summed E-state index contributed by atoms with van der Waals surface area (Å²) in [7, 11) is 1.69. The molecule has 4 heteroatoms. The third-order valence-corrected chi connectivity index (χ3v) is 2.28. The normalized spacial score (nSPS) is 11.8. The minimum Gasteiger partial charge on any atom is -0.494 e. The van der Waals surface area contributed by atoms with E-state index in [1.165, 1.54) is 5.56 Å². The predicted octanol–water partition coefficient (Wildman–Crippen LogP) is 2.54. The molecule has 0 aromatic heterocycles. The number of halogens is 1. The van der Waals surface area contributed by atoms with Crippen LogP contribution in [-0.2, 0) is 17.8 Å². The Labute approximate surface area is 110 Å². The summed E-state index contributed by atoms with van der Waals surface area (Å²) in [6.07, 6.45) is 0.878. The number of ether oxygens (including phenoxy) is 2. The highest BCUT2D eigenvalue weighted by atomic mass is 35.5. The Hall–Kier alpha value is -0.770. The Kier molecular flexibility index (Phi) is 7.96. The third-order valence-electron chi connectivity index (χ3n) is 2.28. The second kappa shape index (κ2) is 8.34. The number of methoxy groups -OCH3 is 1. The maximum Gasteiger partial charge on any atom is 0.124 e. The summed E-state index contributed by atoms with van der Waals surface area (Å²) in [6.45, 7) is 5.23. The largest absolute Gasteiger partial charge is 0.494 e. The molecule has 0 aliphatic rings. The maximum absolute atomic E-state index is 5.78. The van der Waals surface area contributed by atoms with Gasteiger partial charge in [0, 0.05) is 18.7 Å². The molecule has 0 aliphatic carbocycles. The molecule has 0 fully saturated rings. The van der Waals surface area contributed by atoms with Crippen LogP contribution in [-0.4, -0.2) is 19.8 Å². The van der Waals surface area contributed by atoms with Gasteiger partial charge in [-0.25, -0.2) is 0 Å². The van der Waals surface area contributed by atoms with Gasteiger partial charge in [0.1, 0.15) is 5.75 Å². The standard InChI is InChI=1S/C13H21NO2.ClH/c1-4-16-13-6-5-11(7-10(2)14)8-12(13)9-15-3;/h5-6,8,10H,4,7,9,14H2,1-3H3;1H. The first-order chi connectivity index (χ1) is 7.67. The van der Waals surface area contributed by atoms with Crippen LogP contribution in [0.2, 0.25) is 0 Å². The van der Waals surface area contributed by atoms with Crippen LogP contribution in [0.25, 0.3) is 0 Å². The lowest BCUT2D eigenvalue weighted by molar-refractivity contribution is 0.180. The van der Waals surface area contributed by atoms with Gasteiger partial charge in [0.25, 0.3) is 0 Å². The molecule has 0 saturated heterocycles. The minimum atomic E-state index is 0. The molecule has 1 aromatic rings. The lowest BCUT2D eigenvalue weighted by Gasteiger charge is -2.12. The zero-order valence-electron chi connectivity index (χ0n) is 10.7. The molecule has 0 spiro atoms. The van der Waals surface area contributed by atoms with E-state index in [0.29, 0.717) is 13.2 Å². The van der Waals surface area contributed by atoms with Gasteiger partial charge in [-0.1, -0.05) is 6.07 Å². The maximum atomic E-state index is 5.78. The van der Waals surface area contributed by atoms with E-state index in [2.05, 4.69) is 12.1 Å². The molecule has 0 saturated carbocycles. The van der Waals surface area contributed by atoms with Crippen molar-refractivity contribution in [2.24, 2.45) is 5.73 Å². The fourth-order valence-electron chi connectivity index (χ4n) is 1.70. The van der Waals surface area contributed by atoms with Gasteiger partial charge in [-0.3, -0.25) is 0 Å². The first kappa shape index (κ1) is 16.2. The van der Waals surface area contributed by atoms with E-state index in [1.54, 1.807) is 7.11 Å². The van der Waals surface area contributed by atoms with Crippen LogP contribution in [0.3, 0.4) is 0 Å². The van der Waals surface area contributed by atoms with Crippen molar-refractivity contribution in [3.63, 3.8) is 0 Å². The summed E-state index contributed by atoms with van der Waals surface area (Å²) in [6, 6.07) is 6.34. The average molecular weight is 260 g/mol. The van der Waals surface area contributed by atoms with Crippen LogP contribution in [0.5, 0.6) is 5.75 Å². The Morgan fingerprint density at radius 3 is 2.59 bits per heavy atom. The molecular weight excluding hydrogens is 238 g/mol. The zero-order valence-corrected chi connectivity index (χ0v) is 11.5. The molecule has 0 heterocycles. The monoisotopic (exact) mass is 259 g/mol. The topological polar surface area (TPSA) is 44.5 Å². The van der Waals surface area contributed by atoms with Gasteiger partial charge >= 0.3 is 0 Å². The average Bonchev–Trinajstić information content (AvgIpc) is 2.21. The van der Waals surface area contributed by atoms with E-state index in [1.807, 2.05) is 19.9 Å². The lowest BCUT2D eigenvalue weighted by atomic mass is 10.0. The second-order valence-corrected chi connectivity index (χ2v) is 3.99. The van der Waals surface area contributed by atoms with Crippen molar-refractivity contribution in [2.75, 3.05) is 13.7 Å². The van der Waals surface area contributed by atoms with E-state index in [0.717, 1.165) is 17.7 Å². The predicted molar refractivity (Wildman–Crippen MR) is 72.9 cm³/mol. The fourth-order valence-corrected chi connectivity index (χ4v) is 1.70. The summed E-state index contributed by atoms with van der Waals surface area (Å²) in [5, 5.41) is 0. The van der Waals surface area contributed by atoms with Gasteiger partial charge in [0.15, 0.2) is 0 Å². The van der Waals surface area contributed by atoms with Crippen molar-refractivity contribution >= 4 is 12.4 Å². The molecule has 1 atom stereocenters. The molecule has 0 aliphatic heterocycles. The minimum absolute atomic E-state index is 0. The van der Waals surface area contributed by atoms with Gasteiger partial charge in [-0.05, 0) is 38.0 Å². The highest BCUT2D eigenvalue weighted by Crippen LogP contribution is 2.21. The first-order valence-electron chi connectivity index (χ1n) is 5.66. The van der Waals surface area contributed by atoms with Gasteiger partial charge < -0.3 is 15.2 Å². The van der Waals surface area contributed by atoms with Crippen molar-refractivity contribution < 1.29 is 9.47 Å². The van der Waals surface area contributed by atoms with Gasteiger partial charge in [-0.15, -0.1) is 12.4 Å². The number of benzene rings is 1. The van der Waals surface area contributed by atoms with E-state index in [4.69, 9.17) is 15.2 Å². The molecule has 2 N–H and O–H groups in total. The Bertz CT molecular complexity index is 329. The summed E-state index contributed by atoms with van der Waals surface area (Å²) >= 11 is 0. The van der Waals surface area contributed by atoms with Crippen LogP contribution < -0.4 is 10.5 Å². The van der Waals surface area contributed by atoms with E-state index >= 15 is 0 Å². The Morgan fingerprint density at radius 2 is 2.06 bits per heavy atom. The SMILES string of the molecule is CCOc1ccc(CC(C)N)cc1COC.Cl. The first-order valence-corrected chi connectivity index (χ1v) is 5.66. The van der Waals surface area contributed by atoms with Crippen molar-refractivity contribution in [1.82, 2.24) is 0 Å². The molecule has 17 heavy (non-hydrogen) atoms. The van der Waals surface area contributed by atoms with Crippen LogP contribution in [0.15, 0.2) is 18.2 Å². The molecule has 1 aromatic carbocycles. The summed E-state index contributed by atoms with van der Waals surface area (Å²) in [5.41, 5.74) is 8.10. The van der Waals surface area contributed by atoms with Crippen molar-refractivity contribution in [1.29, 1.82) is 0 Å². The van der Waals surface area contributed by atoms with E-state index in [-0.39, 0.29) is 18.4 Å². The second-order valence-electron chi connectivity index (χ2n) is 3.99.